The summed E-state index contributed by atoms with van der Waals surface area (Å²) in [6.07, 6.45) is 2.23. The van der Waals surface area contributed by atoms with Crippen LogP contribution in [0, 0.1) is 0 Å². The summed E-state index contributed by atoms with van der Waals surface area (Å²) in [7, 11) is 0. The maximum Gasteiger partial charge on any atom is 0.326 e. The summed E-state index contributed by atoms with van der Waals surface area (Å²) < 4.78 is 0. The summed E-state index contributed by atoms with van der Waals surface area (Å²) in [6, 6.07) is -0.757. The second-order valence-electron chi connectivity index (χ2n) is 4.63. The van der Waals surface area contributed by atoms with Gasteiger partial charge in [0, 0.05) is 13.1 Å². The number of carbonyl (C=O) groups is 2. The van der Waals surface area contributed by atoms with E-state index in [1.54, 1.807) is 0 Å². The van der Waals surface area contributed by atoms with Gasteiger partial charge in [-0.1, -0.05) is 13.3 Å². The Kier molecular flexibility index (Phi) is 6.67. The van der Waals surface area contributed by atoms with Gasteiger partial charge in [-0.15, -0.1) is 0 Å². The van der Waals surface area contributed by atoms with Crippen molar-refractivity contribution in [3.8, 4) is 0 Å². The van der Waals surface area contributed by atoms with E-state index in [-0.39, 0.29) is 12.5 Å². The Hall–Kier alpha value is -1.14. The van der Waals surface area contributed by atoms with Gasteiger partial charge in [-0.05, 0) is 25.9 Å². The molecule has 0 spiro atoms. The Morgan fingerprint density at radius 2 is 2.17 bits per heavy atom. The van der Waals surface area contributed by atoms with Crippen LogP contribution in [0.3, 0.4) is 0 Å². The average Bonchev–Trinajstić information content (AvgIpc) is 2.57. The van der Waals surface area contributed by atoms with E-state index in [1.807, 2.05) is 6.92 Å². The van der Waals surface area contributed by atoms with Crippen molar-refractivity contribution in [2.45, 2.75) is 32.2 Å². The van der Waals surface area contributed by atoms with E-state index in [1.165, 1.54) is 0 Å². The smallest absolute Gasteiger partial charge is 0.326 e. The number of nitrogens with zero attached hydrogens (tertiary/aromatic N) is 1. The third-order valence-corrected chi connectivity index (χ3v) is 3.01. The molecule has 18 heavy (non-hydrogen) atoms. The third-order valence-electron chi connectivity index (χ3n) is 3.01. The highest BCUT2D eigenvalue weighted by atomic mass is 16.4. The van der Waals surface area contributed by atoms with Crippen LogP contribution in [0.4, 0.5) is 0 Å². The van der Waals surface area contributed by atoms with Crippen molar-refractivity contribution in [1.82, 2.24) is 15.5 Å². The molecule has 0 saturated carbocycles. The maximum atomic E-state index is 11.8. The van der Waals surface area contributed by atoms with Crippen molar-refractivity contribution in [3.63, 3.8) is 0 Å². The van der Waals surface area contributed by atoms with Crippen LogP contribution >= 0.6 is 0 Å². The van der Waals surface area contributed by atoms with Gasteiger partial charge in [0.25, 0.3) is 0 Å². The van der Waals surface area contributed by atoms with Crippen molar-refractivity contribution in [2.24, 2.45) is 0 Å². The van der Waals surface area contributed by atoms with Gasteiger partial charge in [0.2, 0.25) is 5.91 Å². The van der Waals surface area contributed by atoms with Crippen LogP contribution in [0.2, 0.25) is 0 Å². The summed E-state index contributed by atoms with van der Waals surface area (Å²) in [5.74, 6) is -1.15. The average molecular weight is 257 g/mol. The highest BCUT2D eigenvalue weighted by Gasteiger charge is 2.20. The van der Waals surface area contributed by atoms with Crippen molar-refractivity contribution < 1.29 is 14.7 Å². The second-order valence-corrected chi connectivity index (χ2v) is 4.63. The lowest BCUT2D eigenvalue weighted by molar-refractivity contribution is -0.142. The normalized spacial score (nSPS) is 18.9. The van der Waals surface area contributed by atoms with Gasteiger partial charge in [0.05, 0.1) is 6.54 Å². The molecule has 1 fully saturated rings. The predicted molar refractivity (Wildman–Crippen MR) is 68.4 cm³/mol. The maximum absolute atomic E-state index is 11.8. The molecule has 6 heteroatoms. The van der Waals surface area contributed by atoms with E-state index in [2.05, 4.69) is 15.5 Å². The molecular formula is C12H23N3O3. The fourth-order valence-corrected chi connectivity index (χ4v) is 2.05. The number of carboxylic acids is 1. The number of carboxylic acid groups (broad SMARTS) is 1. The lowest BCUT2D eigenvalue weighted by atomic mass is 10.1. The summed E-state index contributed by atoms with van der Waals surface area (Å²) in [4.78, 5) is 24.8. The molecule has 1 aliphatic rings. The predicted octanol–water partition coefficient (Wildman–Crippen LogP) is -0.349. The monoisotopic (exact) mass is 257 g/mol. The molecule has 1 atom stereocenters. The van der Waals surface area contributed by atoms with Crippen molar-refractivity contribution in [3.05, 3.63) is 0 Å². The van der Waals surface area contributed by atoms with Crippen LogP contribution in [0.25, 0.3) is 0 Å². The van der Waals surface area contributed by atoms with Crippen LogP contribution in [-0.4, -0.2) is 60.6 Å². The van der Waals surface area contributed by atoms with E-state index < -0.39 is 12.0 Å². The Bertz CT molecular complexity index is 276. The van der Waals surface area contributed by atoms with Gasteiger partial charge in [0.1, 0.15) is 6.04 Å². The van der Waals surface area contributed by atoms with Crippen LogP contribution in [0.15, 0.2) is 0 Å². The van der Waals surface area contributed by atoms with Gasteiger partial charge < -0.3 is 15.7 Å². The Balaban J connectivity index is 2.36. The number of hydrogen-bond acceptors (Lipinski definition) is 4. The Labute approximate surface area is 108 Å². The lowest BCUT2D eigenvalue weighted by Crippen LogP contribution is -2.46. The summed E-state index contributed by atoms with van der Waals surface area (Å²) >= 11 is 0. The zero-order valence-corrected chi connectivity index (χ0v) is 10.9. The minimum Gasteiger partial charge on any atom is -0.480 e. The van der Waals surface area contributed by atoms with E-state index in [0.717, 1.165) is 39.0 Å². The van der Waals surface area contributed by atoms with Gasteiger partial charge in [0.15, 0.2) is 0 Å². The van der Waals surface area contributed by atoms with E-state index in [0.29, 0.717) is 6.42 Å². The highest BCUT2D eigenvalue weighted by molar-refractivity contribution is 5.84. The first-order valence-electron chi connectivity index (χ1n) is 6.58. The van der Waals surface area contributed by atoms with Gasteiger partial charge in [-0.3, -0.25) is 9.69 Å². The lowest BCUT2D eigenvalue weighted by Gasteiger charge is -2.20. The molecule has 0 bridgehead atoms. The molecule has 104 valence electrons. The van der Waals surface area contributed by atoms with Crippen LogP contribution in [0.1, 0.15) is 26.2 Å². The Morgan fingerprint density at radius 1 is 1.39 bits per heavy atom. The number of rotatable bonds is 6. The van der Waals surface area contributed by atoms with Crippen LogP contribution < -0.4 is 10.6 Å². The van der Waals surface area contributed by atoms with Gasteiger partial charge >= 0.3 is 5.97 Å². The first-order valence-corrected chi connectivity index (χ1v) is 6.58. The van der Waals surface area contributed by atoms with Crippen molar-refractivity contribution in [1.29, 1.82) is 0 Å². The molecule has 1 amide bonds. The van der Waals surface area contributed by atoms with Gasteiger partial charge in [-0.2, -0.15) is 0 Å². The van der Waals surface area contributed by atoms with E-state index >= 15 is 0 Å². The van der Waals surface area contributed by atoms with Crippen LogP contribution in [0.5, 0.6) is 0 Å². The topological polar surface area (TPSA) is 81.7 Å². The fraction of sp³-hybridized carbons (Fsp3) is 0.833. The minimum atomic E-state index is -0.956. The minimum absolute atomic E-state index is 0.197. The largest absolute Gasteiger partial charge is 0.480 e. The highest BCUT2D eigenvalue weighted by Crippen LogP contribution is 1.99. The molecular weight excluding hydrogens is 234 g/mol. The summed E-state index contributed by atoms with van der Waals surface area (Å²) in [5, 5.41) is 14.8. The first-order chi connectivity index (χ1) is 8.63. The SMILES string of the molecule is CCC[C@@H](NC(=O)CN1CCCNCC1)C(=O)O. The van der Waals surface area contributed by atoms with Gasteiger partial charge in [-0.25, -0.2) is 4.79 Å². The first kappa shape index (κ1) is 14.9. The molecule has 1 rings (SSSR count). The number of aliphatic carboxylic acids is 1. The standard InChI is InChI=1S/C12H23N3O3/c1-2-4-10(12(17)18)14-11(16)9-15-7-3-5-13-6-8-15/h10,13H,2-9H2,1H3,(H,14,16)(H,17,18)/t10-/m1/s1. The summed E-state index contributed by atoms with van der Waals surface area (Å²) in [6.45, 7) is 5.76. The summed E-state index contributed by atoms with van der Waals surface area (Å²) in [5.41, 5.74) is 0. The zero-order valence-electron chi connectivity index (χ0n) is 10.9. The molecule has 1 saturated heterocycles. The van der Waals surface area contributed by atoms with Crippen molar-refractivity contribution >= 4 is 11.9 Å². The number of hydrogen-bond donors (Lipinski definition) is 3. The molecule has 0 aromatic heterocycles. The fourth-order valence-electron chi connectivity index (χ4n) is 2.05. The van der Waals surface area contributed by atoms with Crippen molar-refractivity contribution in [2.75, 3.05) is 32.7 Å². The Morgan fingerprint density at radius 3 is 2.83 bits per heavy atom. The number of carbonyl (C=O) groups excluding carboxylic acids is 1. The second kappa shape index (κ2) is 8.05. The molecule has 0 aromatic carbocycles. The van der Waals surface area contributed by atoms with E-state index in [4.69, 9.17) is 5.11 Å². The van der Waals surface area contributed by atoms with Crippen LogP contribution in [-0.2, 0) is 9.59 Å². The number of nitrogens with one attached hydrogen (secondary N) is 2. The molecule has 3 N–H and O–H groups in total. The molecule has 0 aromatic rings. The third kappa shape index (κ3) is 5.46. The quantitative estimate of drug-likeness (QED) is 0.606. The molecule has 0 radical (unpaired) electrons. The molecule has 6 nitrogen and oxygen atoms in total. The zero-order chi connectivity index (χ0) is 13.4. The molecule has 0 unspecified atom stereocenters. The molecule has 1 heterocycles. The number of amides is 1. The van der Waals surface area contributed by atoms with E-state index in [9.17, 15) is 9.59 Å². The molecule has 1 aliphatic heterocycles. The molecule has 0 aliphatic carbocycles.